The molecule has 0 aliphatic heterocycles. The minimum absolute atomic E-state index is 0.193. The van der Waals surface area contributed by atoms with Crippen molar-refractivity contribution in [1.82, 2.24) is 4.90 Å². The summed E-state index contributed by atoms with van der Waals surface area (Å²) in [5, 5.41) is 0. The van der Waals surface area contributed by atoms with E-state index < -0.39 is 18.6 Å². The molecule has 0 fully saturated rings. The normalized spacial score (nSPS) is 11.4. The lowest BCUT2D eigenvalue weighted by Gasteiger charge is -2.19. The number of nitrogens with zero attached hydrogens (tertiary/aromatic N) is 1. The Balaban J connectivity index is 2.89. The zero-order valence-electron chi connectivity index (χ0n) is 8.68. The van der Waals surface area contributed by atoms with Crippen molar-refractivity contribution < 1.29 is 18.0 Å². The second-order valence-electron chi connectivity index (χ2n) is 3.43. The van der Waals surface area contributed by atoms with Crippen LogP contribution in [0.5, 0.6) is 0 Å². The average molecular weight is 375 g/mol. The molecular weight excluding hydrogens is 367 g/mol. The molecular formula is C10H8Br2F3NO. The molecule has 0 atom stereocenters. The summed E-state index contributed by atoms with van der Waals surface area (Å²) in [5.41, 5.74) is 0.193. The van der Waals surface area contributed by atoms with Gasteiger partial charge in [-0.25, -0.2) is 0 Å². The van der Waals surface area contributed by atoms with Crippen LogP contribution in [0.1, 0.15) is 10.4 Å². The van der Waals surface area contributed by atoms with Crippen LogP contribution in [0, 0.1) is 0 Å². The van der Waals surface area contributed by atoms with Gasteiger partial charge in [-0.3, -0.25) is 4.79 Å². The zero-order valence-corrected chi connectivity index (χ0v) is 11.9. The van der Waals surface area contributed by atoms with Crippen LogP contribution < -0.4 is 0 Å². The van der Waals surface area contributed by atoms with Crippen LogP contribution in [-0.4, -0.2) is 30.6 Å². The molecule has 94 valence electrons. The van der Waals surface area contributed by atoms with E-state index in [9.17, 15) is 18.0 Å². The van der Waals surface area contributed by atoms with Crippen LogP contribution in [0.4, 0.5) is 13.2 Å². The van der Waals surface area contributed by atoms with Gasteiger partial charge in [-0.2, -0.15) is 13.2 Å². The van der Waals surface area contributed by atoms with Crippen molar-refractivity contribution in [3.63, 3.8) is 0 Å². The summed E-state index contributed by atoms with van der Waals surface area (Å²) in [6.45, 7) is -1.27. The van der Waals surface area contributed by atoms with E-state index in [0.29, 0.717) is 13.8 Å². The maximum Gasteiger partial charge on any atom is 0.406 e. The fraction of sp³-hybridized carbons (Fsp3) is 0.300. The van der Waals surface area contributed by atoms with Gasteiger partial charge in [-0.1, -0.05) is 31.9 Å². The van der Waals surface area contributed by atoms with Gasteiger partial charge in [0.15, 0.2) is 0 Å². The Morgan fingerprint density at radius 3 is 2.12 bits per heavy atom. The van der Waals surface area contributed by atoms with Gasteiger partial charge >= 0.3 is 6.18 Å². The molecule has 0 radical (unpaired) electrons. The highest BCUT2D eigenvalue weighted by Gasteiger charge is 2.31. The molecule has 2 nitrogen and oxygen atoms in total. The standard InChI is InChI=1S/C10H8Br2F3NO/c1-16(5-10(13,14)15)9(17)6-2-7(11)4-8(12)3-6/h2-4H,5H2,1H3. The number of hydrogen-bond donors (Lipinski definition) is 0. The van der Waals surface area contributed by atoms with Gasteiger partial charge < -0.3 is 4.90 Å². The lowest BCUT2D eigenvalue weighted by Crippen LogP contribution is -2.35. The predicted molar refractivity (Wildman–Crippen MR) is 64.9 cm³/mol. The van der Waals surface area contributed by atoms with Crippen molar-refractivity contribution in [2.75, 3.05) is 13.6 Å². The maximum absolute atomic E-state index is 12.1. The van der Waals surface area contributed by atoms with Gasteiger partial charge in [-0.05, 0) is 18.2 Å². The first-order valence-electron chi connectivity index (χ1n) is 4.47. The van der Waals surface area contributed by atoms with Crippen molar-refractivity contribution in [3.8, 4) is 0 Å². The molecule has 17 heavy (non-hydrogen) atoms. The largest absolute Gasteiger partial charge is 0.406 e. The molecule has 1 aromatic rings. The number of alkyl halides is 3. The average Bonchev–Trinajstić information content (AvgIpc) is 2.12. The Morgan fingerprint density at radius 2 is 1.71 bits per heavy atom. The Kier molecular flexibility index (Phi) is 4.60. The molecule has 0 heterocycles. The molecule has 0 unspecified atom stereocenters. The summed E-state index contributed by atoms with van der Waals surface area (Å²) in [5.74, 6) is -0.677. The maximum atomic E-state index is 12.1. The third-order valence-corrected chi connectivity index (χ3v) is 2.79. The lowest BCUT2D eigenvalue weighted by molar-refractivity contribution is -0.138. The highest BCUT2D eigenvalue weighted by atomic mass is 79.9. The molecule has 0 N–H and O–H groups in total. The SMILES string of the molecule is CN(CC(F)(F)F)C(=O)c1cc(Br)cc(Br)c1. The molecule has 1 rings (SSSR count). The van der Waals surface area contributed by atoms with E-state index in [1.165, 1.54) is 12.1 Å². The summed E-state index contributed by atoms with van der Waals surface area (Å²) < 4.78 is 37.6. The predicted octanol–water partition coefficient (Wildman–Crippen LogP) is 3.85. The van der Waals surface area contributed by atoms with Gasteiger partial charge in [0.25, 0.3) is 5.91 Å². The molecule has 1 aromatic carbocycles. The molecule has 0 bridgehead atoms. The molecule has 0 saturated heterocycles. The van der Waals surface area contributed by atoms with E-state index in [4.69, 9.17) is 0 Å². The fourth-order valence-corrected chi connectivity index (χ4v) is 2.53. The number of halogens is 5. The summed E-state index contributed by atoms with van der Waals surface area (Å²) in [6.07, 6.45) is -4.40. The van der Waals surface area contributed by atoms with E-state index >= 15 is 0 Å². The second-order valence-corrected chi connectivity index (χ2v) is 5.27. The minimum atomic E-state index is -4.40. The third kappa shape index (κ3) is 4.67. The highest BCUT2D eigenvalue weighted by Crippen LogP contribution is 2.22. The molecule has 7 heteroatoms. The molecule has 0 aliphatic carbocycles. The van der Waals surface area contributed by atoms with Gasteiger partial charge in [0, 0.05) is 21.6 Å². The van der Waals surface area contributed by atoms with E-state index in [1.807, 2.05) is 0 Å². The van der Waals surface area contributed by atoms with Gasteiger partial charge in [0.2, 0.25) is 0 Å². The monoisotopic (exact) mass is 373 g/mol. The molecule has 1 amide bonds. The number of rotatable bonds is 2. The second kappa shape index (κ2) is 5.39. The van der Waals surface area contributed by atoms with Crippen LogP contribution in [0.25, 0.3) is 0 Å². The van der Waals surface area contributed by atoms with E-state index in [1.54, 1.807) is 6.07 Å². The van der Waals surface area contributed by atoms with Gasteiger partial charge in [0.05, 0.1) is 0 Å². The summed E-state index contributed by atoms with van der Waals surface area (Å²) >= 11 is 6.34. The summed E-state index contributed by atoms with van der Waals surface area (Å²) in [6, 6.07) is 4.64. The zero-order chi connectivity index (χ0) is 13.2. The van der Waals surface area contributed by atoms with Crippen molar-refractivity contribution in [2.45, 2.75) is 6.18 Å². The summed E-state index contributed by atoms with van der Waals surface area (Å²) in [4.78, 5) is 12.3. The fourth-order valence-electron chi connectivity index (χ4n) is 1.24. The smallest absolute Gasteiger partial charge is 0.333 e. The first-order valence-corrected chi connectivity index (χ1v) is 6.06. The number of amides is 1. The Hall–Kier alpha value is -0.560. The number of hydrogen-bond acceptors (Lipinski definition) is 1. The van der Waals surface area contributed by atoms with Crippen LogP contribution >= 0.6 is 31.9 Å². The Labute approximate surface area is 113 Å². The molecule has 0 aliphatic rings. The quantitative estimate of drug-likeness (QED) is 0.770. The summed E-state index contributed by atoms with van der Waals surface area (Å²) in [7, 11) is 1.12. The number of benzene rings is 1. The van der Waals surface area contributed by atoms with Crippen molar-refractivity contribution in [3.05, 3.63) is 32.7 Å². The minimum Gasteiger partial charge on any atom is -0.333 e. The van der Waals surface area contributed by atoms with Crippen LogP contribution in [0.2, 0.25) is 0 Å². The van der Waals surface area contributed by atoms with Crippen molar-refractivity contribution >= 4 is 37.8 Å². The van der Waals surface area contributed by atoms with Crippen molar-refractivity contribution in [2.24, 2.45) is 0 Å². The molecule has 0 aromatic heterocycles. The first kappa shape index (κ1) is 14.5. The van der Waals surface area contributed by atoms with E-state index in [2.05, 4.69) is 31.9 Å². The highest BCUT2D eigenvalue weighted by molar-refractivity contribution is 9.11. The Bertz CT molecular complexity index is 414. The van der Waals surface area contributed by atoms with E-state index in [-0.39, 0.29) is 5.56 Å². The van der Waals surface area contributed by atoms with Gasteiger partial charge in [-0.15, -0.1) is 0 Å². The van der Waals surface area contributed by atoms with Gasteiger partial charge in [0.1, 0.15) is 6.54 Å². The lowest BCUT2D eigenvalue weighted by atomic mass is 10.2. The van der Waals surface area contributed by atoms with Crippen molar-refractivity contribution in [1.29, 1.82) is 0 Å². The number of carbonyl (C=O) groups excluding carboxylic acids is 1. The van der Waals surface area contributed by atoms with E-state index in [0.717, 1.165) is 7.05 Å². The van der Waals surface area contributed by atoms with Crippen LogP contribution in [0.15, 0.2) is 27.1 Å². The van der Waals surface area contributed by atoms with Crippen LogP contribution in [-0.2, 0) is 0 Å². The molecule has 0 saturated carbocycles. The topological polar surface area (TPSA) is 20.3 Å². The third-order valence-electron chi connectivity index (χ3n) is 1.87. The molecule has 0 spiro atoms. The number of carbonyl (C=O) groups is 1. The van der Waals surface area contributed by atoms with Crippen LogP contribution in [0.3, 0.4) is 0 Å². The first-order chi connectivity index (χ1) is 7.69. The Morgan fingerprint density at radius 1 is 1.24 bits per heavy atom.